The van der Waals surface area contributed by atoms with E-state index in [1.165, 1.54) is 11.8 Å². The minimum Gasteiger partial charge on any atom is -0.351 e. The van der Waals surface area contributed by atoms with Crippen molar-refractivity contribution >= 4 is 28.7 Å². The van der Waals surface area contributed by atoms with E-state index in [0.717, 1.165) is 10.9 Å². The lowest BCUT2D eigenvalue weighted by Gasteiger charge is -2.25. The predicted molar refractivity (Wildman–Crippen MR) is 106 cm³/mol. The highest BCUT2D eigenvalue weighted by atomic mass is 16.2. The zero-order chi connectivity index (χ0) is 20.8. The molecule has 0 aliphatic carbocycles. The van der Waals surface area contributed by atoms with Gasteiger partial charge in [-0.25, -0.2) is 9.78 Å². The van der Waals surface area contributed by atoms with Crippen molar-refractivity contribution < 1.29 is 14.4 Å². The lowest BCUT2D eigenvalue weighted by atomic mass is 9.98. The van der Waals surface area contributed by atoms with Crippen LogP contribution in [0.2, 0.25) is 0 Å². The van der Waals surface area contributed by atoms with Crippen molar-refractivity contribution in [2.45, 2.75) is 25.3 Å². The summed E-state index contributed by atoms with van der Waals surface area (Å²) < 4.78 is 1.63. The molecule has 1 aromatic carbocycles. The van der Waals surface area contributed by atoms with Crippen LogP contribution in [0.25, 0.3) is 10.9 Å². The molecule has 150 valence electrons. The summed E-state index contributed by atoms with van der Waals surface area (Å²) >= 11 is 0. The number of hydrogen-bond acceptors (Lipinski definition) is 4. The normalized spacial score (nSPS) is 18.9. The number of amides is 4. The molecule has 0 bridgehead atoms. The van der Waals surface area contributed by atoms with E-state index in [4.69, 9.17) is 0 Å². The zero-order valence-corrected chi connectivity index (χ0v) is 16.4. The SMILES string of the molecule is CC(C)c1ccc2cc(C(=O)NCC3(c4nccn4C)NC(=O)NC3=O)[nH]c2c1. The van der Waals surface area contributed by atoms with Crippen LogP contribution >= 0.6 is 0 Å². The Kier molecular flexibility index (Phi) is 4.37. The first-order valence-corrected chi connectivity index (χ1v) is 9.32. The number of imide groups is 1. The van der Waals surface area contributed by atoms with Crippen LogP contribution in [0, 0.1) is 0 Å². The van der Waals surface area contributed by atoms with Gasteiger partial charge >= 0.3 is 6.03 Å². The van der Waals surface area contributed by atoms with Crippen molar-refractivity contribution in [2.24, 2.45) is 7.05 Å². The summed E-state index contributed by atoms with van der Waals surface area (Å²) in [5.41, 5.74) is 0.944. The van der Waals surface area contributed by atoms with Gasteiger partial charge in [-0.15, -0.1) is 0 Å². The van der Waals surface area contributed by atoms with Gasteiger partial charge in [-0.1, -0.05) is 26.0 Å². The summed E-state index contributed by atoms with van der Waals surface area (Å²) in [6.45, 7) is 4.08. The predicted octanol–water partition coefficient (Wildman–Crippen LogP) is 1.49. The number of imidazole rings is 1. The molecule has 1 aliphatic heterocycles. The summed E-state index contributed by atoms with van der Waals surface area (Å²) in [7, 11) is 1.72. The van der Waals surface area contributed by atoms with Gasteiger partial charge in [0.25, 0.3) is 11.8 Å². The Bertz CT molecular complexity index is 1130. The summed E-state index contributed by atoms with van der Waals surface area (Å²) in [5.74, 6) is -0.230. The second-order valence-electron chi connectivity index (χ2n) is 7.54. The molecule has 3 heterocycles. The molecule has 1 aliphatic rings. The Morgan fingerprint density at radius 3 is 2.69 bits per heavy atom. The highest BCUT2D eigenvalue weighted by Gasteiger charge is 2.50. The Hall–Kier alpha value is -3.62. The molecule has 1 unspecified atom stereocenters. The van der Waals surface area contributed by atoms with Gasteiger partial charge in [0.2, 0.25) is 0 Å². The van der Waals surface area contributed by atoms with Crippen molar-refractivity contribution in [3.63, 3.8) is 0 Å². The fraction of sp³-hybridized carbons (Fsp3) is 0.300. The Morgan fingerprint density at radius 2 is 2.07 bits per heavy atom. The monoisotopic (exact) mass is 394 g/mol. The highest BCUT2D eigenvalue weighted by molar-refractivity contribution is 6.07. The number of aromatic amines is 1. The van der Waals surface area contributed by atoms with Gasteiger partial charge in [-0.05, 0) is 23.6 Å². The van der Waals surface area contributed by atoms with Gasteiger partial charge in [0.05, 0.1) is 6.54 Å². The van der Waals surface area contributed by atoms with Crippen molar-refractivity contribution in [1.29, 1.82) is 0 Å². The molecule has 4 amide bonds. The molecule has 0 radical (unpaired) electrons. The van der Waals surface area contributed by atoms with E-state index in [-0.39, 0.29) is 12.5 Å². The summed E-state index contributed by atoms with van der Waals surface area (Å²) in [4.78, 5) is 44.4. The molecule has 4 N–H and O–H groups in total. The van der Waals surface area contributed by atoms with Gasteiger partial charge in [0, 0.05) is 30.3 Å². The number of carbonyl (C=O) groups excluding carboxylic acids is 3. The fourth-order valence-corrected chi connectivity index (χ4v) is 3.56. The Labute approximate surface area is 166 Å². The van der Waals surface area contributed by atoms with Crippen LogP contribution in [0.5, 0.6) is 0 Å². The van der Waals surface area contributed by atoms with Gasteiger partial charge in [-0.3, -0.25) is 14.9 Å². The van der Waals surface area contributed by atoms with E-state index in [0.29, 0.717) is 17.4 Å². The smallest absolute Gasteiger partial charge is 0.322 e. The summed E-state index contributed by atoms with van der Waals surface area (Å²) in [6.07, 6.45) is 3.20. The molecule has 9 heteroatoms. The first kappa shape index (κ1) is 18.7. The number of carbonyl (C=O) groups is 3. The molecule has 0 saturated carbocycles. The van der Waals surface area contributed by atoms with E-state index >= 15 is 0 Å². The Balaban J connectivity index is 1.59. The largest absolute Gasteiger partial charge is 0.351 e. The average molecular weight is 394 g/mol. The van der Waals surface area contributed by atoms with E-state index in [1.807, 2.05) is 18.2 Å². The molecule has 29 heavy (non-hydrogen) atoms. The molecular formula is C20H22N6O3. The number of benzene rings is 1. The van der Waals surface area contributed by atoms with Crippen molar-refractivity contribution in [1.82, 2.24) is 30.5 Å². The number of H-pyrrole nitrogens is 1. The summed E-state index contributed by atoms with van der Waals surface area (Å²) in [5, 5.41) is 8.50. The number of fused-ring (bicyclic) bond motifs is 1. The van der Waals surface area contributed by atoms with Gasteiger partial charge in [-0.2, -0.15) is 0 Å². The second kappa shape index (κ2) is 6.77. The molecule has 1 saturated heterocycles. The lowest BCUT2D eigenvalue weighted by Crippen LogP contribution is -2.54. The van der Waals surface area contributed by atoms with Crippen LogP contribution in [-0.4, -0.2) is 38.9 Å². The molecule has 1 fully saturated rings. The first-order chi connectivity index (χ1) is 13.8. The molecule has 0 spiro atoms. The van der Waals surface area contributed by atoms with Crippen LogP contribution in [0.4, 0.5) is 4.79 Å². The number of nitrogens with one attached hydrogen (secondary N) is 4. The quantitative estimate of drug-likeness (QED) is 0.490. The summed E-state index contributed by atoms with van der Waals surface area (Å²) in [6, 6.07) is 7.17. The maximum atomic E-state index is 12.8. The first-order valence-electron chi connectivity index (χ1n) is 9.32. The van der Waals surface area contributed by atoms with Crippen LogP contribution < -0.4 is 16.0 Å². The molecule has 9 nitrogen and oxygen atoms in total. The van der Waals surface area contributed by atoms with Crippen molar-refractivity contribution in [3.05, 3.63) is 53.7 Å². The molecule has 1 atom stereocenters. The second-order valence-corrected chi connectivity index (χ2v) is 7.54. The Morgan fingerprint density at radius 1 is 1.28 bits per heavy atom. The van der Waals surface area contributed by atoms with E-state index in [2.05, 4.69) is 39.8 Å². The highest BCUT2D eigenvalue weighted by Crippen LogP contribution is 2.24. The topological polar surface area (TPSA) is 121 Å². The van der Waals surface area contributed by atoms with Crippen molar-refractivity contribution in [2.75, 3.05) is 6.54 Å². The minimum absolute atomic E-state index is 0.138. The molecular weight excluding hydrogens is 372 g/mol. The van der Waals surface area contributed by atoms with Crippen molar-refractivity contribution in [3.8, 4) is 0 Å². The van der Waals surface area contributed by atoms with E-state index < -0.39 is 17.5 Å². The van der Waals surface area contributed by atoms with Crippen LogP contribution in [0.3, 0.4) is 0 Å². The maximum absolute atomic E-state index is 12.8. The number of nitrogens with zero attached hydrogens (tertiary/aromatic N) is 2. The van der Waals surface area contributed by atoms with Crippen LogP contribution in [-0.2, 0) is 17.4 Å². The number of aromatic nitrogens is 3. The third-order valence-electron chi connectivity index (χ3n) is 5.22. The van der Waals surface area contributed by atoms with Gasteiger partial charge < -0.3 is 20.2 Å². The number of rotatable bonds is 5. The van der Waals surface area contributed by atoms with Crippen LogP contribution in [0.15, 0.2) is 36.7 Å². The third-order valence-corrected chi connectivity index (χ3v) is 5.22. The zero-order valence-electron chi connectivity index (χ0n) is 16.4. The van der Waals surface area contributed by atoms with Crippen LogP contribution in [0.1, 0.15) is 41.6 Å². The third kappa shape index (κ3) is 3.14. The van der Waals surface area contributed by atoms with Gasteiger partial charge in [0.15, 0.2) is 5.54 Å². The number of hydrogen-bond donors (Lipinski definition) is 4. The standard InChI is InChI=1S/C20H22N6O3/c1-11(2)12-4-5-13-9-15(23-14(13)8-12)16(27)22-10-20(17-21-6-7-26(17)3)18(28)24-19(29)25-20/h4-9,11,23H,10H2,1-3H3,(H,22,27)(H2,24,25,28,29). The average Bonchev–Trinajstić information content (AvgIpc) is 3.36. The fourth-order valence-electron chi connectivity index (χ4n) is 3.56. The number of aryl methyl sites for hydroxylation is 1. The molecule has 3 aromatic rings. The number of urea groups is 1. The molecule has 4 rings (SSSR count). The van der Waals surface area contributed by atoms with E-state index in [9.17, 15) is 14.4 Å². The maximum Gasteiger partial charge on any atom is 0.322 e. The van der Waals surface area contributed by atoms with E-state index in [1.54, 1.807) is 23.9 Å². The lowest BCUT2D eigenvalue weighted by molar-refractivity contribution is -0.124. The minimum atomic E-state index is -1.47. The van der Waals surface area contributed by atoms with Gasteiger partial charge in [0.1, 0.15) is 11.5 Å². The molecule has 2 aromatic heterocycles.